The van der Waals surface area contributed by atoms with Gasteiger partial charge in [0.05, 0.1) is 6.20 Å². The molecule has 0 saturated heterocycles. The van der Waals surface area contributed by atoms with Gasteiger partial charge in [-0.3, -0.25) is 0 Å². The van der Waals surface area contributed by atoms with Gasteiger partial charge in [0.1, 0.15) is 5.82 Å². The number of rotatable bonds is 4. The van der Waals surface area contributed by atoms with Crippen LogP contribution in [0.15, 0.2) is 6.20 Å². The van der Waals surface area contributed by atoms with Crippen molar-refractivity contribution in [3.63, 3.8) is 0 Å². The van der Waals surface area contributed by atoms with Crippen molar-refractivity contribution in [1.29, 1.82) is 0 Å². The molecular formula is C8H15N3O. The van der Waals surface area contributed by atoms with E-state index < -0.39 is 0 Å². The fourth-order valence-electron chi connectivity index (χ4n) is 1.14. The third-order valence-corrected chi connectivity index (χ3v) is 1.78. The third kappa shape index (κ3) is 1.76. The topological polar surface area (TPSA) is 64.1 Å². The van der Waals surface area contributed by atoms with E-state index in [1.165, 1.54) is 0 Å². The Kier molecular flexibility index (Phi) is 3.10. The van der Waals surface area contributed by atoms with Crippen LogP contribution in [0.2, 0.25) is 0 Å². The average molecular weight is 169 g/mol. The Balaban J connectivity index is 2.74. The van der Waals surface area contributed by atoms with Crippen LogP contribution < -0.4 is 5.73 Å². The van der Waals surface area contributed by atoms with E-state index in [9.17, 15) is 0 Å². The molecule has 0 fully saturated rings. The molecule has 0 aliphatic carbocycles. The minimum atomic E-state index is 0.127. The van der Waals surface area contributed by atoms with Crippen LogP contribution in [0.25, 0.3) is 0 Å². The zero-order valence-electron chi connectivity index (χ0n) is 7.32. The molecule has 4 nitrogen and oxygen atoms in total. The number of aromatic nitrogens is 2. The SMILES string of the molecule is CCCn1ncc(CCO)c1N. The summed E-state index contributed by atoms with van der Waals surface area (Å²) in [7, 11) is 0. The van der Waals surface area contributed by atoms with Gasteiger partial charge in [-0.2, -0.15) is 5.10 Å². The van der Waals surface area contributed by atoms with E-state index in [2.05, 4.69) is 12.0 Å². The minimum absolute atomic E-state index is 0.127. The summed E-state index contributed by atoms with van der Waals surface area (Å²) in [6, 6.07) is 0. The highest BCUT2D eigenvalue weighted by molar-refractivity contribution is 5.38. The Morgan fingerprint density at radius 3 is 3.00 bits per heavy atom. The summed E-state index contributed by atoms with van der Waals surface area (Å²) in [6.45, 7) is 3.05. The maximum atomic E-state index is 8.69. The molecule has 0 unspecified atom stereocenters. The zero-order valence-corrected chi connectivity index (χ0v) is 7.32. The van der Waals surface area contributed by atoms with Gasteiger partial charge in [-0.25, -0.2) is 4.68 Å². The molecule has 0 spiro atoms. The summed E-state index contributed by atoms with van der Waals surface area (Å²) in [5, 5.41) is 12.8. The standard InChI is InChI=1S/C8H15N3O/c1-2-4-11-8(9)7(3-5-12)6-10-11/h6,12H,2-5,9H2,1H3. The molecule has 0 amide bonds. The van der Waals surface area contributed by atoms with Crippen LogP contribution in [0.4, 0.5) is 5.82 Å². The molecule has 0 bridgehead atoms. The zero-order chi connectivity index (χ0) is 8.97. The number of anilines is 1. The summed E-state index contributed by atoms with van der Waals surface area (Å²) in [6.07, 6.45) is 3.33. The quantitative estimate of drug-likeness (QED) is 0.686. The molecule has 0 radical (unpaired) electrons. The lowest BCUT2D eigenvalue weighted by Crippen LogP contribution is -2.05. The van der Waals surface area contributed by atoms with E-state index in [0.29, 0.717) is 12.2 Å². The second kappa shape index (κ2) is 4.11. The van der Waals surface area contributed by atoms with Gasteiger partial charge in [0.25, 0.3) is 0 Å². The van der Waals surface area contributed by atoms with Gasteiger partial charge in [0.15, 0.2) is 0 Å². The number of hydrogen-bond donors (Lipinski definition) is 2. The number of aliphatic hydroxyl groups is 1. The fraction of sp³-hybridized carbons (Fsp3) is 0.625. The molecule has 0 atom stereocenters. The molecule has 0 saturated carbocycles. The molecule has 3 N–H and O–H groups in total. The minimum Gasteiger partial charge on any atom is -0.396 e. The lowest BCUT2D eigenvalue weighted by Gasteiger charge is -2.01. The van der Waals surface area contributed by atoms with Gasteiger partial charge in [-0.1, -0.05) is 6.92 Å². The van der Waals surface area contributed by atoms with Crippen LogP contribution in [-0.4, -0.2) is 21.5 Å². The normalized spacial score (nSPS) is 10.5. The highest BCUT2D eigenvalue weighted by Gasteiger charge is 2.04. The van der Waals surface area contributed by atoms with E-state index in [-0.39, 0.29) is 6.61 Å². The Morgan fingerprint density at radius 1 is 1.67 bits per heavy atom. The summed E-state index contributed by atoms with van der Waals surface area (Å²) < 4.78 is 1.77. The van der Waals surface area contributed by atoms with Gasteiger partial charge in [0.2, 0.25) is 0 Å². The molecule has 0 aliphatic rings. The van der Waals surface area contributed by atoms with E-state index >= 15 is 0 Å². The van der Waals surface area contributed by atoms with Crippen LogP contribution in [-0.2, 0) is 13.0 Å². The Morgan fingerprint density at radius 2 is 2.42 bits per heavy atom. The first-order valence-corrected chi connectivity index (χ1v) is 4.20. The average Bonchev–Trinajstić information content (AvgIpc) is 2.38. The second-order valence-corrected chi connectivity index (χ2v) is 2.75. The van der Waals surface area contributed by atoms with Crippen LogP contribution in [0.3, 0.4) is 0 Å². The molecule has 0 aliphatic heterocycles. The number of hydrogen-bond acceptors (Lipinski definition) is 3. The van der Waals surface area contributed by atoms with Crippen molar-refractivity contribution in [3.8, 4) is 0 Å². The number of nitrogen functional groups attached to an aromatic ring is 1. The van der Waals surface area contributed by atoms with Crippen molar-refractivity contribution in [2.24, 2.45) is 0 Å². The van der Waals surface area contributed by atoms with Crippen molar-refractivity contribution in [2.75, 3.05) is 12.3 Å². The fourth-order valence-corrected chi connectivity index (χ4v) is 1.14. The Bertz CT molecular complexity index is 221. The summed E-state index contributed by atoms with van der Waals surface area (Å²) >= 11 is 0. The first kappa shape index (κ1) is 9.06. The first-order chi connectivity index (χ1) is 5.79. The van der Waals surface area contributed by atoms with Gasteiger partial charge < -0.3 is 10.8 Å². The molecule has 1 aromatic rings. The van der Waals surface area contributed by atoms with Gasteiger partial charge >= 0.3 is 0 Å². The largest absolute Gasteiger partial charge is 0.396 e. The molecule has 68 valence electrons. The van der Waals surface area contributed by atoms with Crippen molar-refractivity contribution in [3.05, 3.63) is 11.8 Å². The first-order valence-electron chi connectivity index (χ1n) is 4.20. The molecule has 0 aromatic carbocycles. The van der Waals surface area contributed by atoms with Crippen molar-refractivity contribution >= 4 is 5.82 Å². The van der Waals surface area contributed by atoms with E-state index in [0.717, 1.165) is 18.5 Å². The van der Waals surface area contributed by atoms with Gasteiger partial charge in [-0.05, 0) is 6.42 Å². The third-order valence-electron chi connectivity index (χ3n) is 1.78. The number of nitrogens with two attached hydrogens (primary N) is 1. The summed E-state index contributed by atoms with van der Waals surface area (Å²) in [4.78, 5) is 0. The van der Waals surface area contributed by atoms with Crippen LogP contribution in [0.1, 0.15) is 18.9 Å². The predicted octanol–water partition coefficient (Wildman–Crippen LogP) is 0.410. The van der Waals surface area contributed by atoms with Gasteiger partial charge in [0, 0.05) is 25.1 Å². The summed E-state index contributed by atoms with van der Waals surface area (Å²) in [5.74, 6) is 0.686. The maximum absolute atomic E-state index is 8.69. The van der Waals surface area contributed by atoms with Crippen LogP contribution >= 0.6 is 0 Å². The highest BCUT2D eigenvalue weighted by atomic mass is 16.2. The van der Waals surface area contributed by atoms with Crippen LogP contribution in [0.5, 0.6) is 0 Å². The van der Waals surface area contributed by atoms with Crippen molar-refractivity contribution in [1.82, 2.24) is 9.78 Å². The lowest BCUT2D eigenvalue weighted by atomic mass is 10.2. The smallest absolute Gasteiger partial charge is 0.124 e. The molecule has 1 rings (SSSR count). The Labute approximate surface area is 72.0 Å². The monoisotopic (exact) mass is 169 g/mol. The van der Waals surface area contributed by atoms with E-state index in [1.54, 1.807) is 10.9 Å². The molecular weight excluding hydrogens is 154 g/mol. The predicted molar refractivity (Wildman–Crippen MR) is 47.7 cm³/mol. The van der Waals surface area contributed by atoms with Crippen molar-refractivity contribution < 1.29 is 5.11 Å². The van der Waals surface area contributed by atoms with E-state index in [1.807, 2.05) is 0 Å². The molecule has 4 heteroatoms. The molecule has 1 aromatic heterocycles. The Hall–Kier alpha value is -1.03. The lowest BCUT2D eigenvalue weighted by molar-refractivity contribution is 0.300. The van der Waals surface area contributed by atoms with E-state index in [4.69, 9.17) is 10.8 Å². The number of aryl methyl sites for hydroxylation is 1. The van der Waals surface area contributed by atoms with Gasteiger partial charge in [-0.15, -0.1) is 0 Å². The molecule has 1 heterocycles. The van der Waals surface area contributed by atoms with Crippen molar-refractivity contribution in [2.45, 2.75) is 26.3 Å². The summed E-state index contributed by atoms with van der Waals surface area (Å²) in [5.41, 5.74) is 6.70. The second-order valence-electron chi connectivity index (χ2n) is 2.75. The number of nitrogens with zero attached hydrogens (tertiary/aromatic N) is 2. The highest BCUT2D eigenvalue weighted by Crippen LogP contribution is 2.11. The maximum Gasteiger partial charge on any atom is 0.124 e. The molecule has 12 heavy (non-hydrogen) atoms. The number of aliphatic hydroxyl groups excluding tert-OH is 1. The van der Waals surface area contributed by atoms with Crippen LogP contribution in [0, 0.1) is 0 Å².